The molecule has 2 heterocycles. The van der Waals surface area contributed by atoms with Gasteiger partial charge < -0.3 is 8.83 Å². The SMILES string of the molecule is N#Cc1cc(C#N)c(-c2cc(-c3cccc4c3oc3ccccc34)cc(-c3cccc4c3oc3ccccc34)c2)c(C#N)c1. The Hall–Kier alpha value is -6.61. The zero-order chi connectivity index (χ0) is 29.8. The number of benzene rings is 6. The van der Waals surface area contributed by atoms with Gasteiger partial charge in [-0.2, -0.15) is 15.8 Å². The minimum atomic E-state index is 0.257. The first kappa shape index (κ1) is 25.1. The minimum Gasteiger partial charge on any atom is -0.455 e. The number of nitriles is 3. The summed E-state index contributed by atoms with van der Waals surface area (Å²) in [7, 11) is 0. The lowest BCUT2D eigenvalue weighted by molar-refractivity contribution is 0.670. The van der Waals surface area contributed by atoms with Gasteiger partial charge in [-0.3, -0.25) is 0 Å². The van der Waals surface area contributed by atoms with E-state index in [0.29, 0.717) is 11.1 Å². The number of furan rings is 2. The van der Waals surface area contributed by atoms with Gasteiger partial charge in [0.2, 0.25) is 0 Å². The molecular formula is C39H19N3O2. The van der Waals surface area contributed by atoms with Crippen LogP contribution in [0.1, 0.15) is 16.7 Å². The Balaban J connectivity index is 1.47. The zero-order valence-corrected chi connectivity index (χ0v) is 23.1. The van der Waals surface area contributed by atoms with Crippen molar-refractivity contribution in [1.29, 1.82) is 15.8 Å². The Morgan fingerprint density at radius 3 is 1.36 bits per heavy atom. The van der Waals surface area contributed by atoms with Gasteiger partial charge in [-0.1, -0.05) is 72.8 Å². The highest BCUT2D eigenvalue weighted by Gasteiger charge is 2.20. The average molecular weight is 562 g/mol. The van der Waals surface area contributed by atoms with Gasteiger partial charge in [-0.15, -0.1) is 0 Å². The summed E-state index contributed by atoms with van der Waals surface area (Å²) >= 11 is 0. The molecule has 0 bridgehead atoms. The molecule has 0 saturated heterocycles. The van der Waals surface area contributed by atoms with Crippen molar-refractivity contribution in [3.63, 3.8) is 0 Å². The van der Waals surface area contributed by atoms with Crippen molar-refractivity contribution in [2.45, 2.75) is 0 Å². The summed E-state index contributed by atoms with van der Waals surface area (Å²) in [5.74, 6) is 0. The molecule has 202 valence electrons. The summed E-state index contributed by atoms with van der Waals surface area (Å²) in [5.41, 5.74) is 8.49. The second-order valence-corrected chi connectivity index (χ2v) is 10.6. The van der Waals surface area contributed by atoms with E-state index in [4.69, 9.17) is 8.83 Å². The Labute approximate surface area is 251 Å². The number of hydrogen-bond donors (Lipinski definition) is 0. The van der Waals surface area contributed by atoms with E-state index in [2.05, 4.69) is 24.3 Å². The Morgan fingerprint density at radius 2 is 0.886 bits per heavy atom. The van der Waals surface area contributed by atoms with Gasteiger partial charge in [0, 0.05) is 38.2 Å². The van der Waals surface area contributed by atoms with Crippen LogP contribution in [0.3, 0.4) is 0 Å². The number of fused-ring (bicyclic) bond motifs is 6. The number of hydrogen-bond acceptors (Lipinski definition) is 5. The highest BCUT2D eigenvalue weighted by atomic mass is 16.3. The molecule has 0 saturated carbocycles. The molecule has 0 aliphatic rings. The number of para-hydroxylation sites is 4. The van der Waals surface area contributed by atoms with Gasteiger partial charge in [-0.25, -0.2) is 0 Å². The molecule has 0 atom stereocenters. The topological polar surface area (TPSA) is 97.7 Å². The molecule has 0 radical (unpaired) electrons. The first-order chi connectivity index (χ1) is 21.7. The van der Waals surface area contributed by atoms with Crippen molar-refractivity contribution in [3.8, 4) is 51.6 Å². The van der Waals surface area contributed by atoms with Crippen LogP contribution in [0.15, 0.2) is 124 Å². The predicted molar refractivity (Wildman–Crippen MR) is 171 cm³/mol. The number of nitrogens with zero attached hydrogens (tertiary/aromatic N) is 3. The highest BCUT2D eigenvalue weighted by Crippen LogP contribution is 2.42. The lowest BCUT2D eigenvalue weighted by atomic mass is 9.88. The predicted octanol–water partition coefficient (Wildman–Crippen LogP) is 10.1. The Bertz CT molecular complexity index is 2430. The van der Waals surface area contributed by atoms with E-state index in [0.717, 1.165) is 66.1 Å². The second kappa shape index (κ2) is 9.74. The van der Waals surface area contributed by atoms with E-state index >= 15 is 0 Å². The lowest BCUT2D eigenvalue weighted by Gasteiger charge is -2.14. The van der Waals surface area contributed by atoms with Crippen LogP contribution in [0.5, 0.6) is 0 Å². The maximum absolute atomic E-state index is 10.1. The van der Waals surface area contributed by atoms with Gasteiger partial charge >= 0.3 is 0 Å². The maximum atomic E-state index is 10.1. The molecule has 0 aliphatic heterocycles. The first-order valence-corrected chi connectivity index (χ1v) is 14.0. The van der Waals surface area contributed by atoms with Crippen molar-refractivity contribution in [2.24, 2.45) is 0 Å². The molecule has 5 nitrogen and oxygen atoms in total. The van der Waals surface area contributed by atoms with Crippen LogP contribution in [-0.4, -0.2) is 0 Å². The molecule has 0 aliphatic carbocycles. The second-order valence-electron chi connectivity index (χ2n) is 10.6. The van der Waals surface area contributed by atoms with Crippen LogP contribution in [0.4, 0.5) is 0 Å². The van der Waals surface area contributed by atoms with Crippen molar-refractivity contribution in [2.75, 3.05) is 0 Å². The normalized spacial score (nSPS) is 11.1. The van der Waals surface area contributed by atoms with E-state index in [9.17, 15) is 15.8 Å². The molecule has 8 rings (SSSR count). The lowest BCUT2D eigenvalue weighted by Crippen LogP contribution is -1.94. The standard InChI is InChI=1S/C39H19N3O2/c40-20-23-15-27(21-41)37(28(16-23)22-42)26-18-24(29-9-5-11-33-31-7-1-3-13-35(31)43-38(29)33)17-25(19-26)30-10-6-12-34-32-8-2-4-14-36(32)44-39(30)34/h1-19H. The van der Waals surface area contributed by atoms with Crippen LogP contribution < -0.4 is 0 Å². The fourth-order valence-electron chi connectivity index (χ4n) is 6.23. The quantitative estimate of drug-likeness (QED) is 0.214. The smallest absolute Gasteiger partial charge is 0.143 e. The molecule has 5 heteroatoms. The average Bonchev–Trinajstić information content (AvgIpc) is 3.66. The molecule has 2 aromatic heterocycles. The molecule has 8 aromatic rings. The fourth-order valence-corrected chi connectivity index (χ4v) is 6.23. The van der Waals surface area contributed by atoms with Crippen molar-refractivity contribution >= 4 is 43.9 Å². The van der Waals surface area contributed by atoms with Gasteiger partial charge in [-0.05, 0) is 59.2 Å². The molecule has 0 fully saturated rings. The third kappa shape index (κ3) is 3.77. The third-order valence-electron chi connectivity index (χ3n) is 8.16. The largest absolute Gasteiger partial charge is 0.455 e. The monoisotopic (exact) mass is 561 g/mol. The Morgan fingerprint density at radius 1 is 0.432 bits per heavy atom. The van der Waals surface area contributed by atoms with Gasteiger partial charge in [0.15, 0.2) is 0 Å². The van der Waals surface area contributed by atoms with E-state index in [1.807, 2.05) is 97.1 Å². The first-order valence-electron chi connectivity index (χ1n) is 14.0. The van der Waals surface area contributed by atoms with Crippen LogP contribution in [0.2, 0.25) is 0 Å². The summed E-state index contributed by atoms with van der Waals surface area (Å²) in [6, 6.07) is 43.7. The zero-order valence-electron chi connectivity index (χ0n) is 23.1. The van der Waals surface area contributed by atoms with E-state index in [1.54, 1.807) is 0 Å². The Kier molecular flexibility index (Phi) is 5.56. The van der Waals surface area contributed by atoms with Gasteiger partial charge in [0.05, 0.1) is 34.9 Å². The summed E-state index contributed by atoms with van der Waals surface area (Å²) in [6.45, 7) is 0. The summed E-state index contributed by atoms with van der Waals surface area (Å²) < 4.78 is 12.8. The highest BCUT2D eigenvalue weighted by molar-refractivity contribution is 6.11. The minimum absolute atomic E-state index is 0.257. The maximum Gasteiger partial charge on any atom is 0.143 e. The third-order valence-corrected chi connectivity index (χ3v) is 8.16. The summed E-state index contributed by atoms with van der Waals surface area (Å²) in [6.07, 6.45) is 0. The molecule has 44 heavy (non-hydrogen) atoms. The van der Waals surface area contributed by atoms with Crippen LogP contribution in [-0.2, 0) is 0 Å². The summed E-state index contributed by atoms with van der Waals surface area (Å²) in [4.78, 5) is 0. The van der Waals surface area contributed by atoms with Crippen molar-refractivity contribution < 1.29 is 8.83 Å². The molecule has 6 aromatic carbocycles. The molecule has 0 amide bonds. The fraction of sp³-hybridized carbons (Fsp3) is 0. The van der Waals surface area contributed by atoms with E-state index < -0.39 is 0 Å². The summed E-state index contributed by atoms with van der Waals surface area (Å²) in [5, 5.41) is 33.9. The molecule has 0 unspecified atom stereocenters. The van der Waals surface area contributed by atoms with Crippen LogP contribution in [0, 0.1) is 34.0 Å². The van der Waals surface area contributed by atoms with E-state index in [1.165, 1.54) is 12.1 Å². The van der Waals surface area contributed by atoms with Gasteiger partial charge in [0.1, 0.15) is 22.3 Å². The molecule has 0 N–H and O–H groups in total. The number of rotatable bonds is 3. The van der Waals surface area contributed by atoms with Crippen LogP contribution in [0.25, 0.3) is 77.3 Å². The molecular weight excluding hydrogens is 542 g/mol. The van der Waals surface area contributed by atoms with Gasteiger partial charge in [0.25, 0.3) is 0 Å². The van der Waals surface area contributed by atoms with Crippen molar-refractivity contribution in [1.82, 2.24) is 0 Å². The van der Waals surface area contributed by atoms with Crippen LogP contribution >= 0.6 is 0 Å². The molecule has 0 spiro atoms. The van der Waals surface area contributed by atoms with Crippen molar-refractivity contribution in [3.05, 3.63) is 132 Å². The van der Waals surface area contributed by atoms with E-state index in [-0.39, 0.29) is 16.7 Å².